The van der Waals surface area contributed by atoms with E-state index in [1.165, 1.54) is 27.1 Å². The van der Waals surface area contributed by atoms with E-state index in [1.807, 2.05) is 0 Å². The molecule has 1 saturated heterocycles. The highest BCUT2D eigenvalue weighted by Gasteiger charge is 2.53. The van der Waals surface area contributed by atoms with Crippen LogP contribution in [0.25, 0.3) is 11.3 Å². The molecule has 1 aliphatic carbocycles. The van der Waals surface area contributed by atoms with E-state index in [1.54, 1.807) is 0 Å². The van der Waals surface area contributed by atoms with Gasteiger partial charge in [-0.3, -0.25) is 4.79 Å². The number of amides is 1. The number of thioether (sulfide) groups is 1. The molecule has 0 bridgehead atoms. The summed E-state index contributed by atoms with van der Waals surface area (Å²) in [5.74, 6) is -5.13. The second kappa shape index (κ2) is 11.5. The van der Waals surface area contributed by atoms with Gasteiger partial charge in [-0.2, -0.15) is 0 Å². The van der Waals surface area contributed by atoms with Crippen LogP contribution in [0.2, 0.25) is 0 Å². The van der Waals surface area contributed by atoms with Crippen LogP contribution in [0.15, 0.2) is 18.3 Å². The van der Waals surface area contributed by atoms with Crippen LogP contribution < -0.4 is 0 Å². The number of hydrogen-bond donors (Lipinski definition) is 4. The highest BCUT2D eigenvalue weighted by molar-refractivity contribution is 8.01. The summed E-state index contributed by atoms with van der Waals surface area (Å²) < 4.78 is 61.9. The van der Waals surface area contributed by atoms with E-state index < -0.39 is 76.3 Å². The van der Waals surface area contributed by atoms with Crippen molar-refractivity contribution in [1.82, 2.24) is 19.9 Å². The molecule has 6 atom stereocenters. The fourth-order valence-electron chi connectivity index (χ4n) is 4.94. The first-order chi connectivity index (χ1) is 18.6. The molecular weight excluding hydrogens is 560 g/mol. The van der Waals surface area contributed by atoms with Gasteiger partial charge in [-0.25, -0.2) is 22.2 Å². The lowest BCUT2D eigenvalue weighted by Crippen LogP contribution is -2.59. The molecular formula is C25H32F4N4O6S. The fraction of sp³-hybridized carbons (Fsp3) is 0.640. The highest BCUT2D eigenvalue weighted by atomic mass is 32.2. The molecule has 2 heterocycles. The van der Waals surface area contributed by atoms with Gasteiger partial charge in [0, 0.05) is 12.6 Å². The smallest absolute Gasteiger partial charge is 0.238 e. The van der Waals surface area contributed by atoms with Gasteiger partial charge >= 0.3 is 0 Å². The Hall–Kier alpha value is -2.30. The molecule has 10 nitrogen and oxygen atoms in total. The second-order valence-electron chi connectivity index (χ2n) is 10.9. The van der Waals surface area contributed by atoms with Crippen molar-refractivity contribution in [3.63, 3.8) is 0 Å². The summed E-state index contributed by atoms with van der Waals surface area (Å²) in [6.45, 7) is 1.68. The summed E-state index contributed by atoms with van der Waals surface area (Å²) in [6, 6.07) is 0.113. The van der Waals surface area contributed by atoms with E-state index in [-0.39, 0.29) is 17.8 Å². The van der Waals surface area contributed by atoms with Crippen molar-refractivity contribution in [3.8, 4) is 11.3 Å². The molecule has 1 amide bonds. The van der Waals surface area contributed by atoms with Gasteiger partial charge in [-0.1, -0.05) is 5.21 Å². The maximum Gasteiger partial charge on any atom is 0.238 e. The molecule has 1 saturated carbocycles. The summed E-state index contributed by atoms with van der Waals surface area (Å²) in [4.78, 5) is 14.5. The van der Waals surface area contributed by atoms with E-state index >= 15 is 0 Å². The Bertz CT molecular complexity index is 1200. The number of alkyl halides is 1. The van der Waals surface area contributed by atoms with Gasteiger partial charge < -0.3 is 30.1 Å². The van der Waals surface area contributed by atoms with Gasteiger partial charge in [0.15, 0.2) is 17.5 Å². The second-order valence-corrected chi connectivity index (χ2v) is 12.1. The van der Waals surface area contributed by atoms with Crippen LogP contribution in [0.5, 0.6) is 0 Å². The first-order valence-electron chi connectivity index (χ1n) is 12.7. The minimum absolute atomic E-state index is 0.0965. The highest BCUT2D eigenvalue weighted by Crippen LogP contribution is 2.45. The molecule has 0 spiro atoms. The zero-order valence-corrected chi connectivity index (χ0v) is 22.9. The Morgan fingerprint density at radius 2 is 1.88 bits per heavy atom. The number of aliphatic hydroxyl groups excluding tert-OH is 3. The third kappa shape index (κ3) is 6.14. The standard InChI is InChI=1S/C25H32F4N4O6S/c1-24(2,29)11-32(3)22(37)21(25(38)5-4-6-25)40-23-20(36)18(19(35)16(10-34)39-23)33-9-15(30-31-33)12-7-13(26)17(28)14(27)8-12/h7-9,16,18-21,23,34-36,38H,4-6,10-11H2,1-3H3/t16-,18+,19+,20-,21?,23+/m1/s1. The molecule has 15 heteroatoms. The van der Waals surface area contributed by atoms with Crippen LogP contribution >= 0.6 is 11.8 Å². The monoisotopic (exact) mass is 592 g/mol. The molecule has 1 aromatic heterocycles. The molecule has 40 heavy (non-hydrogen) atoms. The van der Waals surface area contributed by atoms with Crippen LogP contribution in [0.1, 0.15) is 39.2 Å². The van der Waals surface area contributed by atoms with Crippen molar-refractivity contribution >= 4 is 17.7 Å². The molecule has 2 fully saturated rings. The molecule has 4 N–H and O–H groups in total. The zero-order valence-electron chi connectivity index (χ0n) is 22.0. The van der Waals surface area contributed by atoms with E-state index in [4.69, 9.17) is 4.74 Å². The largest absolute Gasteiger partial charge is 0.394 e. The van der Waals surface area contributed by atoms with Crippen molar-refractivity contribution in [1.29, 1.82) is 0 Å². The van der Waals surface area contributed by atoms with Crippen LogP contribution in [-0.4, -0.2) is 107 Å². The number of carbonyl (C=O) groups is 1. The minimum atomic E-state index is -1.71. The SMILES string of the molecule is CN(CC(C)(C)F)C(=O)C(S[C@@H]1O[C@H](CO)[C@H](O)[C@H](n2cc(-c3cc(F)c(F)c(F)c3)nn2)[C@H]1O)C1(O)CCC1. The van der Waals surface area contributed by atoms with E-state index in [2.05, 4.69) is 10.3 Å². The minimum Gasteiger partial charge on any atom is -0.394 e. The summed E-state index contributed by atoms with van der Waals surface area (Å²) in [6.07, 6.45) is -1.97. The number of rotatable bonds is 9. The maximum absolute atomic E-state index is 14.3. The Labute approximate surface area is 231 Å². The molecule has 2 aliphatic rings. The Balaban J connectivity index is 1.62. The lowest BCUT2D eigenvalue weighted by molar-refractivity contribution is -0.179. The Morgan fingerprint density at radius 3 is 2.40 bits per heavy atom. The third-order valence-corrected chi connectivity index (χ3v) is 8.71. The molecule has 2 aromatic rings. The molecule has 222 valence electrons. The Kier molecular flexibility index (Phi) is 8.83. The van der Waals surface area contributed by atoms with Crippen molar-refractivity contribution in [3.05, 3.63) is 35.8 Å². The predicted molar refractivity (Wildman–Crippen MR) is 135 cm³/mol. The van der Waals surface area contributed by atoms with Gasteiger partial charge in [0.1, 0.15) is 46.4 Å². The topological polar surface area (TPSA) is 141 Å². The summed E-state index contributed by atoms with van der Waals surface area (Å²) in [5, 5.41) is 49.7. The average molecular weight is 593 g/mol. The first kappa shape index (κ1) is 30.7. The van der Waals surface area contributed by atoms with Crippen molar-refractivity contribution in [2.75, 3.05) is 20.2 Å². The van der Waals surface area contributed by atoms with Gasteiger partial charge in [0.25, 0.3) is 0 Å². The molecule has 1 unspecified atom stereocenters. The molecule has 0 radical (unpaired) electrons. The van der Waals surface area contributed by atoms with Gasteiger partial charge in [0.05, 0.1) is 24.9 Å². The Morgan fingerprint density at radius 1 is 1.25 bits per heavy atom. The van der Waals surface area contributed by atoms with E-state index in [0.29, 0.717) is 31.4 Å². The fourth-order valence-corrected chi connectivity index (χ4v) is 6.53. The zero-order chi connectivity index (χ0) is 29.6. The van der Waals surface area contributed by atoms with Crippen molar-refractivity contribution in [2.45, 2.75) is 79.4 Å². The van der Waals surface area contributed by atoms with Crippen LogP contribution in [0, 0.1) is 17.5 Å². The number of carbonyl (C=O) groups excluding carboxylic acids is 1. The third-order valence-electron chi connectivity index (χ3n) is 7.14. The lowest BCUT2D eigenvalue weighted by Gasteiger charge is -2.47. The number of ether oxygens (including phenoxy) is 1. The maximum atomic E-state index is 14.3. The molecule has 4 rings (SSSR count). The number of aliphatic hydroxyl groups is 4. The van der Waals surface area contributed by atoms with Crippen molar-refractivity contribution < 1.29 is 47.5 Å². The predicted octanol–water partition coefficient (Wildman–Crippen LogP) is 1.57. The summed E-state index contributed by atoms with van der Waals surface area (Å²) in [5.41, 5.74) is -4.68. The number of halogens is 4. The molecule has 1 aliphatic heterocycles. The van der Waals surface area contributed by atoms with Crippen LogP contribution in [0.4, 0.5) is 17.6 Å². The van der Waals surface area contributed by atoms with E-state index in [0.717, 1.165) is 21.3 Å². The number of aromatic nitrogens is 3. The summed E-state index contributed by atoms with van der Waals surface area (Å²) >= 11 is 0.787. The number of nitrogens with zero attached hydrogens (tertiary/aromatic N) is 4. The molecule has 1 aromatic carbocycles. The first-order valence-corrected chi connectivity index (χ1v) is 13.6. The van der Waals surface area contributed by atoms with Gasteiger partial charge in [0.2, 0.25) is 5.91 Å². The normalized spacial score (nSPS) is 27.2. The van der Waals surface area contributed by atoms with Crippen LogP contribution in [-0.2, 0) is 9.53 Å². The van der Waals surface area contributed by atoms with Gasteiger partial charge in [-0.15, -0.1) is 16.9 Å². The van der Waals surface area contributed by atoms with Crippen molar-refractivity contribution in [2.24, 2.45) is 0 Å². The quantitative estimate of drug-likeness (QED) is 0.252. The average Bonchev–Trinajstić information content (AvgIpc) is 3.33. The van der Waals surface area contributed by atoms with Gasteiger partial charge in [-0.05, 0) is 45.2 Å². The van der Waals surface area contributed by atoms with E-state index in [9.17, 15) is 42.8 Å². The number of benzene rings is 1. The summed E-state index contributed by atoms with van der Waals surface area (Å²) in [7, 11) is 1.40. The number of hydrogen-bond acceptors (Lipinski definition) is 9. The lowest BCUT2D eigenvalue weighted by atomic mass is 9.77. The van der Waals surface area contributed by atoms with Crippen LogP contribution in [0.3, 0.4) is 0 Å².